The number of ether oxygens (including phenoxy) is 2. The van der Waals surface area contributed by atoms with E-state index in [0.717, 1.165) is 82.1 Å². The maximum Gasteiger partial charge on any atom is 0.137 e. The summed E-state index contributed by atoms with van der Waals surface area (Å²) in [6, 6.07) is 21.2. The average molecular weight is 564 g/mol. The van der Waals surface area contributed by atoms with Crippen molar-refractivity contribution < 1.29 is 9.47 Å². The van der Waals surface area contributed by atoms with Crippen molar-refractivity contribution in [2.45, 2.75) is 85.4 Å². The van der Waals surface area contributed by atoms with Crippen molar-refractivity contribution in [1.29, 1.82) is 0 Å². The Morgan fingerprint density at radius 1 is 0.786 bits per heavy atom. The first-order chi connectivity index (χ1) is 20.6. The SMILES string of the molecule is CC.[B]CCCCCCCCCCOC(=C)c1ccccc1C1=c2ccc(=C)cc2Oc2cc(N(CC)CC)ccc21. The molecule has 4 rings (SSSR count). The molecule has 0 aliphatic carbocycles. The number of hydrogen-bond acceptors (Lipinski definition) is 3. The quantitative estimate of drug-likeness (QED) is 0.0771. The van der Waals surface area contributed by atoms with Crippen molar-refractivity contribution in [3.8, 4) is 11.5 Å². The summed E-state index contributed by atoms with van der Waals surface area (Å²) in [5, 5.41) is 1.99. The van der Waals surface area contributed by atoms with Crippen LogP contribution in [0.4, 0.5) is 5.69 Å². The van der Waals surface area contributed by atoms with Crippen LogP contribution in [-0.4, -0.2) is 27.5 Å². The summed E-state index contributed by atoms with van der Waals surface area (Å²) in [6.45, 7) is 19.4. The summed E-state index contributed by atoms with van der Waals surface area (Å²) in [7, 11) is 5.58. The second-order valence-electron chi connectivity index (χ2n) is 10.6. The van der Waals surface area contributed by atoms with Crippen LogP contribution in [0, 0.1) is 0 Å². The van der Waals surface area contributed by atoms with E-state index >= 15 is 0 Å². The van der Waals surface area contributed by atoms with E-state index < -0.39 is 0 Å². The highest BCUT2D eigenvalue weighted by atomic mass is 16.5. The smallest absolute Gasteiger partial charge is 0.137 e. The van der Waals surface area contributed by atoms with Crippen molar-refractivity contribution in [3.05, 3.63) is 94.4 Å². The number of benzene rings is 3. The molecule has 0 spiro atoms. The third-order valence-electron chi connectivity index (χ3n) is 7.77. The van der Waals surface area contributed by atoms with Gasteiger partial charge in [0.2, 0.25) is 0 Å². The maximum atomic E-state index is 6.48. The Balaban J connectivity index is 0.00000237. The molecular formula is C38H50BNO2. The Morgan fingerprint density at radius 3 is 2.14 bits per heavy atom. The van der Waals surface area contributed by atoms with E-state index in [2.05, 4.69) is 80.4 Å². The number of rotatable bonds is 16. The van der Waals surface area contributed by atoms with E-state index in [0.29, 0.717) is 12.4 Å². The van der Waals surface area contributed by atoms with Gasteiger partial charge in [-0.2, -0.15) is 0 Å². The van der Waals surface area contributed by atoms with Gasteiger partial charge in [-0.15, -0.1) is 0 Å². The number of unbranched alkanes of at least 4 members (excludes halogenated alkanes) is 7. The molecule has 1 aliphatic heterocycles. The largest absolute Gasteiger partial charge is 0.494 e. The van der Waals surface area contributed by atoms with Crippen molar-refractivity contribution >= 4 is 31.4 Å². The van der Waals surface area contributed by atoms with E-state index in [1.807, 2.05) is 26.0 Å². The van der Waals surface area contributed by atoms with E-state index in [1.165, 1.54) is 38.5 Å². The Morgan fingerprint density at radius 2 is 1.45 bits per heavy atom. The van der Waals surface area contributed by atoms with Gasteiger partial charge >= 0.3 is 0 Å². The van der Waals surface area contributed by atoms with Crippen molar-refractivity contribution in [1.82, 2.24) is 0 Å². The van der Waals surface area contributed by atoms with E-state index in [1.54, 1.807) is 0 Å². The van der Waals surface area contributed by atoms with Crippen LogP contribution in [0.5, 0.6) is 11.5 Å². The lowest BCUT2D eigenvalue weighted by Crippen LogP contribution is -2.23. The molecule has 1 heterocycles. The van der Waals surface area contributed by atoms with Crippen LogP contribution in [0.25, 0.3) is 17.9 Å². The fourth-order valence-corrected chi connectivity index (χ4v) is 5.52. The van der Waals surface area contributed by atoms with Gasteiger partial charge in [0.25, 0.3) is 0 Å². The maximum absolute atomic E-state index is 6.48. The predicted octanol–water partition coefficient (Wildman–Crippen LogP) is 9.02. The molecule has 0 N–H and O–H groups in total. The van der Waals surface area contributed by atoms with Crippen LogP contribution in [-0.2, 0) is 4.74 Å². The first-order valence-electron chi connectivity index (χ1n) is 16.1. The Kier molecular flexibility index (Phi) is 13.8. The van der Waals surface area contributed by atoms with E-state index in [4.69, 9.17) is 17.3 Å². The summed E-state index contributed by atoms with van der Waals surface area (Å²) < 4.78 is 12.7. The molecule has 0 atom stereocenters. The minimum absolute atomic E-state index is 0.685. The molecule has 0 fully saturated rings. The van der Waals surface area contributed by atoms with Crippen LogP contribution >= 0.6 is 0 Å². The lowest BCUT2D eigenvalue weighted by Gasteiger charge is -2.26. The monoisotopic (exact) mass is 563 g/mol. The lowest BCUT2D eigenvalue weighted by atomic mass is 9.89. The molecule has 0 aromatic heterocycles. The lowest BCUT2D eigenvalue weighted by molar-refractivity contribution is 0.267. The van der Waals surface area contributed by atoms with Crippen molar-refractivity contribution in [2.75, 3.05) is 24.6 Å². The molecule has 3 aromatic rings. The van der Waals surface area contributed by atoms with Crippen LogP contribution < -0.4 is 20.1 Å². The highest BCUT2D eigenvalue weighted by Crippen LogP contribution is 2.40. The Labute approximate surface area is 256 Å². The highest BCUT2D eigenvalue weighted by molar-refractivity contribution is 6.08. The Hall–Kier alpha value is -3.40. The molecule has 42 heavy (non-hydrogen) atoms. The fraction of sp³-hybridized carbons (Fsp3) is 0.421. The van der Waals surface area contributed by atoms with Gasteiger partial charge in [0.1, 0.15) is 17.3 Å². The number of hydrogen-bond donors (Lipinski definition) is 0. The normalized spacial score (nSPS) is 11.5. The number of fused-ring (bicyclic) bond motifs is 2. The van der Waals surface area contributed by atoms with Crippen LogP contribution in [0.3, 0.4) is 0 Å². The van der Waals surface area contributed by atoms with Gasteiger partial charge in [-0.1, -0.05) is 115 Å². The van der Waals surface area contributed by atoms with Crippen molar-refractivity contribution in [2.24, 2.45) is 0 Å². The van der Waals surface area contributed by atoms with Crippen LogP contribution in [0.1, 0.15) is 95.8 Å². The van der Waals surface area contributed by atoms with Gasteiger partial charge in [0.05, 0.1) is 14.5 Å². The molecule has 0 amide bonds. The zero-order valence-corrected chi connectivity index (χ0v) is 26.5. The summed E-state index contributed by atoms with van der Waals surface area (Å²) in [5.74, 6) is 2.41. The molecule has 0 unspecified atom stereocenters. The van der Waals surface area contributed by atoms with Gasteiger partial charge in [0.15, 0.2) is 0 Å². The number of anilines is 1. The summed E-state index contributed by atoms with van der Waals surface area (Å²) in [4.78, 5) is 2.34. The average Bonchev–Trinajstić information content (AvgIpc) is 3.02. The van der Waals surface area contributed by atoms with E-state index in [9.17, 15) is 0 Å². The zero-order chi connectivity index (χ0) is 30.3. The van der Waals surface area contributed by atoms with Gasteiger partial charge in [0, 0.05) is 46.8 Å². The predicted molar refractivity (Wildman–Crippen MR) is 183 cm³/mol. The molecular weight excluding hydrogens is 513 g/mol. The second kappa shape index (κ2) is 17.5. The number of nitrogens with zero attached hydrogens (tertiary/aromatic N) is 1. The third-order valence-corrected chi connectivity index (χ3v) is 7.77. The third kappa shape index (κ3) is 8.57. The highest BCUT2D eigenvalue weighted by Gasteiger charge is 2.23. The molecule has 222 valence electrons. The molecule has 1 aliphatic rings. The molecule has 2 radical (unpaired) electrons. The molecule has 3 aromatic carbocycles. The molecule has 4 heteroatoms. The van der Waals surface area contributed by atoms with Gasteiger partial charge < -0.3 is 14.4 Å². The van der Waals surface area contributed by atoms with E-state index in [-0.39, 0.29) is 0 Å². The summed E-state index contributed by atoms with van der Waals surface area (Å²) >= 11 is 0. The molecule has 0 saturated carbocycles. The molecule has 0 bridgehead atoms. The minimum atomic E-state index is 0.685. The Bertz CT molecular complexity index is 1390. The fourth-order valence-electron chi connectivity index (χ4n) is 5.52. The topological polar surface area (TPSA) is 21.7 Å². The molecule has 0 saturated heterocycles. The zero-order valence-electron chi connectivity index (χ0n) is 26.5. The van der Waals surface area contributed by atoms with Gasteiger partial charge in [-0.3, -0.25) is 0 Å². The summed E-state index contributed by atoms with van der Waals surface area (Å²) in [6.07, 6.45) is 10.6. The summed E-state index contributed by atoms with van der Waals surface area (Å²) in [5.41, 5.74) is 5.49. The van der Waals surface area contributed by atoms with Gasteiger partial charge in [-0.25, -0.2) is 0 Å². The van der Waals surface area contributed by atoms with Crippen LogP contribution in [0.15, 0.2) is 67.2 Å². The first kappa shape index (κ1) is 33.1. The first-order valence-corrected chi connectivity index (χ1v) is 16.1. The standard InChI is InChI=1S/C36H44BNO2.C2H6/c1-5-38(6-2)29-20-22-33-35(26-29)40-34-25-27(3)19-21-32(34)36(33)31-18-14-13-17-30(31)28(4)39-24-16-12-10-8-7-9-11-15-23-37;1-2/h13-14,17-22,25-26H,3-12,15-16,23-24H2,1-2H3;1-2H3. The molecule has 3 nitrogen and oxygen atoms in total. The second-order valence-corrected chi connectivity index (χ2v) is 10.6. The minimum Gasteiger partial charge on any atom is -0.494 e. The van der Waals surface area contributed by atoms with Crippen molar-refractivity contribution in [3.63, 3.8) is 0 Å². The van der Waals surface area contributed by atoms with Crippen LogP contribution in [0.2, 0.25) is 6.32 Å². The van der Waals surface area contributed by atoms with Gasteiger partial charge in [-0.05, 0) is 49.2 Å².